The Morgan fingerprint density at radius 1 is 1.27 bits per heavy atom. The summed E-state index contributed by atoms with van der Waals surface area (Å²) in [5.41, 5.74) is 0.639. The van der Waals surface area contributed by atoms with Crippen LogP contribution < -0.4 is 0 Å². The zero-order valence-corrected chi connectivity index (χ0v) is 5.83. The van der Waals surface area contributed by atoms with E-state index in [0.717, 1.165) is 10.8 Å². The second kappa shape index (κ2) is 2.14. The summed E-state index contributed by atoms with van der Waals surface area (Å²) < 4.78 is 0. The molecule has 0 atom stereocenters. The van der Waals surface area contributed by atoms with Gasteiger partial charge in [0.05, 0.1) is 0 Å². The van der Waals surface area contributed by atoms with Gasteiger partial charge in [0.25, 0.3) is 0 Å². The molecule has 2 rings (SSSR count). The highest BCUT2D eigenvalue weighted by atomic mass is 15.1. The van der Waals surface area contributed by atoms with Gasteiger partial charge in [-0.25, -0.2) is 0 Å². The molecule has 11 heavy (non-hydrogen) atoms. The van der Waals surface area contributed by atoms with Crippen molar-refractivity contribution in [2.45, 2.75) is 0 Å². The molecule has 2 nitrogen and oxygen atoms in total. The number of nitrogens with zero attached hydrogens (tertiary/aromatic N) is 1. The van der Waals surface area contributed by atoms with Crippen molar-refractivity contribution in [3.8, 4) is 6.07 Å². The van der Waals surface area contributed by atoms with Gasteiger partial charge in [-0.05, 0) is 0 Å². The lowest BCUT2D eigenvalue weighted by atomic mass is 10.2. The minimum atomic E-state index is 0.639. The van der Waals surface area contributed by atoms with Crippen molar-refractivity contribution in [2.24, 2.45) is 0 Å². The van der Waals surface area contributed by atoms with Crippen molar-refractivity contribution in [1.82, 2.24) is 4.98 Å². The number of nitrogens with one attached hydrogen (secondary N) is 1. The largest absolute Gasteiger partial charge is 0.352 e. The van der Waals surface area contributed by atoms with E-state index < -0.39 is 0 Å². The third-order valence-electron chi connectivity index (χ3n) is 1.71. The Morgan fingerprint density at radius 3 is 2.91 bits per heavy atom. The highest BCUT2D eigenvalue weighted by Crippen LogP contribution is 2.15. The second-order valence-electron chi connectivity index (χ2n) is 2.36. The smallest absolute Gasteiger partial charge is 0.125 e. The van der Waals surface area contributed by atoms with E-state index in [0.29, 0.717) is 5.69 Å². The summed E-state index contributed by atoms with van der Waals surface area (Å²) in [5.74, 6) is 0. The van der Waals surface area contributed by atoms with Crippen molar-refractivity contribution < 1.29 is 0 Å². The first-order chi connectivity index (χ1) is 5.42. The molecule has 0 bridgehead atoms. The molecule has 0 radical (unpaired) electrons. The third-order valence-corrected chi connectivity index (χ3v) is 1.71. The van der Waals surface area contributed by atoms with Gasteiger partial charge >= 0.3 is 0 Å². The minimum Gasteiger partial charge on any atom is -0.352 e. The molecule has 52 valence electrons. The molecular formula is C9H6N2. The van der Waals surface area contributed by atoms with Gasteiger partial charge in [0.1, 0.15) is 11.8 Å². The van der Waals surface area contributed by atoms with Crippen LogP contribution in [0.5, 0.6) is 0 Å². The van der Waals surface area contributed by atoms with Crippen LogP contribution in [-0.2, 0) is 0 Å². The minimum absolute atomic E-state index is 0.639. The third kappa shape index (κ3) is 0.786. The fourth-order valence-corrected chi connectivity index (χ4v) is 1.17. The van der Waals surface area contributed by atoms with Gasteiger partial charge in [0, 0.05) is 17.0 Å². The summed E-state index contributed by atoms with van der Waals surface area (Å²) in [6, 6.07) is 9.89. The maximum atomic E-state index is 8.64. The van der Waals surface area contributed by atoms with Crippen molar-refractivity contribution in [1.29, 1.82) is 5.26 Å². The van der Waals surface area contributed by atoms with Gasteiger partial charge in [-0.1, -0.05) is 24.3 Å². The van der Waals surface area contributed by atoms with Crippen molar-refractivity contribution >= 4 is 10.8 Å². The Bertz CT molecular complexity index is 420. The lowest BCUT2D eigenvalue weighted by Gasteiger charge is -1.85. The summed E-state index contributed by atoms with van der Waals surface area (Å²) >= 11 is 0. The first-order valence-corrected chi connectivity index (χ1v) is 3.38. The maximum Gasteiger partial charge on any atom is 0.125 e. The van der Waals surface area contributed by atoms with E-state index in [1.54, 1.807) is 0 Å². The van der Waals surface area contributed by atoms with Gasteiger partial charge in [0.15, 0.2) is 0 Å². The van der Waals surface area contributed by atoms with E-state index in [4.69, 9.17) is 5.26 Å². The van der Waals surface area contributed by atoms with Gasteiger partial charge in [0.2, 0.25) is 0 Å². The molecule has 0 saturated carbocycles. The molecule has 1 N–H and O–H groups in total. The fourth-order valence-electron chi connectivity index (χ4n) is 1.17. The number of benzene rings is 1. The normalized spacial score (nSPS) is 9.73. The molecule has 0 unspecified atom stereocenters. The van der Waals surface area contributed by atoms with Crippen LogP contribution in [0.1, 0.15) is 5.69 Å². The highest BCUT2D eigenvalue weighted by Gasteiger charge is 1.98. The van der Waals surface area contributed by atoms with Crippen LogP contribution in [0.3, 0.4) is 0 Å². The summed E-state index contributed by atoms with van der Waals surface area (Å²) in [6.07, 6.45) is 1.84. The van der Waals surface area contributed by atoms with E-state index in [1.807, 2.05) is 30.5 Å². The van der Waals surface area contributed by atoms with Gasteiger partial charge in [-0.15, -0.1) is 0 Å². The monoisotopic (exact) mass is 143 g/mol. The standard InChI is InChI=1S/C9H6N2/c10-5-9-8-4-2-1-3-7(8)6-11-9/h1-4,6,11H/i10+1. The predicted molar refractivity (Wildman–Crippen MR) is 43.0 cm³/mol. The number of H-pyrrole nitrogens is 1. The van der Waals surface area contributed by atoms with Crippen LogP contribution in [-0.4, -0.2) is 4.98 Å². The average Bonchev–Trinajstić information content (AvgIpc) is 2.47. The Balaban J connectivity index is 2.89. The number of nitriles is 1. The summed E-state index contributed by atoms with van der Waals surface area (Å²) in [7, 11) is 0. The van der Waals surface area contributed by atoms with Gasteiger partial charge < -0.3 is 4.98 Å². The van der Waals surface area contributed by atoms with Crippen LogP contribution in [0.25, 0.3) is 10.8 Å². The maximum absolute atomic E-state index is 8.64. The van der Waals surface area contributed by atoms with E-state index in [2.05, 4.69) is 11.1 Å². The number of aromatic nitrogens is 1. The number of rotatable bonds is 0. The molecule has 2 heteroatoms. The second-order valence-corrected chi connectivity index (χ2v) is 2.36. The van der Waals surface area contributed by atoms with Crippen LogP contribution in [0.2, 0.25) is 0 Å². The molecule has 1 aromatic carbocycles. The first kappa shape index (κ1) is 5.99. The first-order valence-electron chi connectivity index (χ1n) is 3.38. The molecule has 0 aliphatic heterocycles. The van der Waals surface area contributed by atoms with Crippen molar-refractivity contribution in [3.63, 3.8) is 0 Å². The Hall–Kier alpha value is -1.75. The number of aromatic amines is 1. The molecular weight excluding hydrogens is 137 g/mol. The van der Waals surface area contributed by atoms with Gasteiger partial charge in [-0.3, -0.25) is 0 Å². The molecule has 2 aromatic rings. The van der Waals surface area contributed by atoms with Crippen molar-refractivity contribution in [3.05, 3.63) is 36.2 Å². The topological polar surface area (TPSA) is 39.6 Å². The summed E-state index contributed by atoms with van der Waals surface area (Å²) in [4.78, 5) is 2.90. The molecule has 1 aromatic heterocycles. The van der Waals surface area contributed by atoms with E-state index in [-0.39, 0.29) is 0 Å². The fraction of sp³-hybridized carbons (Fsp3) is 0. The summed E-state index contributed by atoms with van der Waals surface area (Å²) in [6.45, 7) is 0. The van der Waals surface area contributed by atoms with Crippen LogP contribution in [0.4, 0.5) is 0 Å². The van der Waals surface area contributed by atoms with Crippen molar-refractivity contribution in [2.75, 3.05) is 0 Å². The Kier molecular flexibility index (Phi) is 1.16. The molecule has 0 amide bonds. The quantitative estimate of drug-likeness (QED) is 0.563. The van der Waals surface area contributed by atoms with Crippen LogP contribution in [0.15, 0.2) is 30.5 Å². The van der Waals surface area contributed by atoms with Gasteiger partial charge in [-0.2, -0.15) is 5.26 Å². The number of hydrogen-bond acceptors (Lipinski definition) is 1. The zero-order chi connectivity index (χ0) is 7.68. The van der Waals surface area contributed by atoms with Crippen LogP contribution in [0, 0.1) is 11.3 Å². The number of hydrogen-bond donors (Lipinski definition) is 1. The number of fused-ring (bicyclic) bond motifs is 1. The van der Waals surface area contributed by atoms with E-state index in [9.17, 15) is 0 Å². The SMILES string of the molecule is [15N]#Cc1[nH]cc2ccccc12. The van der Waals surface area contributed by atoms with E-state index >= 15 is 0 Å². The Labute approximate surface area is 64.1 Å². The molecule has 0 fully saturated rings. The molecule has 0 aliphatic rings. The molecule has 0 aliphatic carbocycles. The average molecular weight is 143 g/mol. The lowest BCUT2D eigenvalue weighted by Crippen LogP contribution is -1.70. The molecule has 0 saturated heterocycles. The van der Waals surface area contributed by atoms with Crippen LogP contribution >= 0.6 is 0 Å². The summed E-state index contributed by atoms with van der Waals surface area (Å²) in [5, 5.41) is 10.7. The predicted octanol–water partition coefficient (Wildman–Crippen LogP) is 2.04. The highest BCUT2D eigenvalue weighted by molar-refractivity contribution is 5.86. The molecule has 0 spiro atoms. The molecule has 1 heterocycles. The zero-order valence-electron chi connectivity index (χ0n) is 5.83. The Morgan fingerprint density at radius 2 is 2.09 bits per heavy atom. The van der Waals surface area contributed by atoms with E-state index in [1.165, 1.54) is 0 Å². The lowest BCUT2D eigenvalue weighted by molar-refractivity contribution is 1.35.